The van der Waals surface area contributed by atoms with Crippen LogP contribution in [0.1, 0.15) is 35.3 Å². The zero-order valence-corrected chi connectivity index (χ0v) is 19.3. The first-order chi connectivity index (χ1) is 15.3. The van der Waals surface area contributed by atoms with Crippen molar-refractivity contribution >= 4 is 27.4 Å². The van der Waals surface area contributed by atoms with Gasteiger partial charge in [-0.25, -0.2) is 13.4 Å². The van der Waals surface area contributed by atoms with Crippen LogP contribution in [-0.4, -0.2) is 32.4 Å². The number of carbonyl (C=O) groups excluding carboxylic acids is 1. The molecule has 7 nitrogen and oxygen atoms in total. The zero-order chi connectivity index (χ0) is 23.1. The van der Waals surface area contributed by atoms with Gasteiger partial charge < -0.3 is 10.2 Å². The maximum absolute atomic E-state index is 12.7. The first-order valence-corrected chi connectivity index (χ1v) is 12.0. The maximum atomic E-state index is 12.7. The summed E-state index contributed by atoms with van der Waals surface area (Å²) in [4.78, 5) is 19.2. The van der Waals surface area contributed by atoms with E-state index in [1.807, 2.05) is 25.1 Å². The summed E-state index contributed by atoms with van der Waals surface area (Å²) in [6, 6.07) is 16.9. The molecule has 0 atom stereocenters. The van der Waals surface area contributed by atoms with E-state index in [1.165, 1.54) is 12.1 Å². The first kappa shape index (κ1) is 23.3. The molecule has 1 amide bonds. The summed E-state index contributed by atoms with van der Waals surface area (Å²) in [5.74, 6) is 0.537. The molecule has 0 radical (unpaired) electrons. The second-order valence-corrected chi connectivity index (χ2v) is 9.06. The number of aryl methyl sites for hydroxylation is 1. The number of pyridine rings is 1. The molecule has 0 aliphatic rings. The Bertz CT molecular complexity index is 1170. The molecule has 8 heteroatoms. The Kier molecular flexibility index (Phi) is 7.48. The Hall–Kier alpha value is -3.39. The number of anilines is 2. The number of hydrogen-bond acceptors (Lipinski definition) is 5. The minimum atomic E-state index is -3.82. The largest absolute Gasteiger partial charge is 0.357 e. The number of nitrogens with one attached hydrogen (secondary N) is 2. The van der Waals surface area contributed by atoms with Gasteiger partial charge in [0.05, 0.1) is 4.90 Å². The highest BCUT2D eigenvalue weighted by Gasteiger charge is 2.17. The maximum Gasteiger partial charge on any atom is 0.261 e. The molecular weight excluding hydrogens is 424 g/mol. The number of rotatable bonds is 9. The third kappa shape index (κ3) is 5.85. The molecule has 32 heavy (non-hydrogen) atoms. The van der Waals surface area contributed by atoms with Crippen molar-refractivity contribution in [2.45, 2.75) is 32.2 Å². The van der Waals surface area contributed by atoms with Gasteiger partial charge >= 0.3 is 0 Å². The number of hydrogen-bond donors (Lipinski definition) is 2. The van der Waals surface area contributed by atoms with E-state index in [9.17, 15) is 13.2 Å². The molecule has 0 aliphatic heterocycles. The molecule has 3 rings (SSSR count). The van der Waals surface area contributed by atoms with Crippen LogP contribution in [-0.2, 0) is 16.6 Å². The molecule has 0 bridgehead atoms. The molecule has 0 saturated carbocycles. The van der Waals surface area contributed by atoms with Crippen molar-refractivity contribution in [1.82, 2.24) is 10.3 Å². The fourth-order valence-corrected chi connectivity index (χ4v) is 4.36. The fourth-order valence-electron chi connectivity index (χ4n) is 3.27. The van der Waals surface area contributed by atoms with Crippen molar-refractivity contribution < 1.29 is 13.2 Å². The van der Waals surface area contributed by atoms with E-state index in [-0.39, 0.29) is 16.4 Å². The topological polar surface area (TPSA) is 91.4 Å². The van der Waals surface area contributed by atoms with Crippen LogP contribution in [0.5, 0.6) is 0 Å². The summed E-state index contributed by atoms with van der Waals surface area (Å²) in [6.45, 7) is 8.07. The average molecular weight is 453 g/mol. The summed E-state index contributed by atoms with van der Waals surface area (Å²) in [7, 11) is -3.82. The Labute approximate surface area is 189 Å². The number of aromatic nitrogens is 1. The van der Waals surface area contributed by atoms with Crippen molar-refractivity contribution in [2.24, 2.45) is 0 Å². The van der Waals surface area contributed by atoms with E-state index in [0.29, 0.717) is 12.2 Å². The number of sulfonamides is 1. The highest BCUT2D eigenvalue weighted by atomic mass is 32.2. The van der Waals surface area contributed by atoms with Gasteiger partial charge in [0.15, 0.2) is 0 Å². The molecule has 0 aliphatic carbocycles. The van der Waals surface area contributed by atoms with Gasteiger partial charge in [-0.3, -0.25) is 9.52 Å². The monoisotopic (exact) mass is 452 g/mol. The number of amides is 1. The van der Waals surface area contributed by atoms with Crippen LogP contribution in [0.4, 0.5) is 11.5 Å². The van der Waals surface area contributed by atoms with E-state index in [4.69, 9.17) is 0 Å². The molecule has 2 aromatic carbocycles. The molecule has 3 aromatic rings. The SMILES string of the molecule is CCN(CC)c1ccc(CNC(=O)c2cccc(S(=O)(=O)Nc3cccc(C)c3)c2)cn1. The van der Waals surface area contributed by atoms with Gasteiger partial charge in [-0.2, -0.15) is 0 Å². The third-order valence-electron chi connectivity index (χ3n) is 5.03. The summed E-state index contributed by atoms with van der Waals surface area (Å²) in [5.41, 5.74) is 2.54. The minimum absolute atomic E-state index is 0.0249. The van der Waals surface area contributed by atoms with Crippen LogP contribution < -0.4 is 14.9 Å². The second kappa shape index (κ2) is 10.3. The Morgan fingerprint density at radius 1 is 1.00 bits per heavy atom. The van der Waals surface area contributed by atoms with E-state index >= 15 is 0 Å². The number of carbonyl (C=O) groups is 1. The van der Waals surface area contributed by atoms with Crippen molar-refractivity contribution in [3.05, 3.63) is 83.6 Å². The third-order valence-corrected chi connectivity index (χ3v) is 6.41. The smallest absolute Gasteiger partial charge is 0.261 e. The lowest BCUT2D eigenvalue weighted by molar-refractivity contribution is 0.0950. The Morgan fingerprint density at radius 3 is 2.41 bits per heavy atom. The van der Waals surface area contributed by atoms with Crippen LogP contribution >= 0.6 is 0 Å². The normalized spacial score (nSPS) is 11.1. The van der Waals surface area contributed by atoms with Gasteiger partial charge in [0, 0.05) is 37.1 Å². The van der Waals surface area contributed by atoms with Crippen LogP contribution in [0.3, 0.4) is 0 Å². The van der Waals surface area contributed by atoms with Crippen molar-refractivity contribution in [2.75, 3.05) is 22.7 Å². The predicted octanol–water partition coefficient (Wildman–Crippen LogP) is 3.97. The molecule has 0 saturated heterocycles. The van der Waals surface area contributed by atoms with Gasteiger partial charge in [-0.05, 0) is 68.3 Å². The van der Waals surface area contributed by atoms with E-state index < -0.39 is 10.0 Å². The van der Waals surface area contributed by atoms with Gasteiger partial charge in [-0.1, -0.05) is 24.3 Å². The summed E-state index contributed by atoms with van der Waals surface area (Å²) < 4.78 is 28.0. The van der Waals surface area contributed by atoms with E-state index in [0.717, 1.165) is 30.0 Å². The van der Waals surface area contributed by atoms with Crippen molar-refractivity contribution in [3.63, 3.8) is 0 Å². The molecule has 1 heterocycles. The number of nitrogens with zero attached hydrogens (tertiary/aromatic N) is 2. The summed E-state index contributed by atoms with van der Waals surface area (Å²) in [5, 5.41) is 2.82. The quantitative estimate of drug-likeness (QED) is 0.513. The molecule has 0 spiro atoms. The van der Waals surface area contributed by atoms with Gasteiger partial charge in [0.1, 0.15) is 5.82 Å². The highest BCUT2D eigenvalue weighted by Crippen LogP contribution is 2.18. The zero-order valence-electron chi connectivity index (χ0n) is 18.5. The molecule has 2 N–H and O–H groups in total. The first-order valence-electron chi connectivity index (χ1n) is 10.5. The van der Waals surface area contributed by atoms with Crippen molar-refractivity contribution in [1.29, 1.82) is 0 Å². The lowest BCUT2D eigenvalue weighted by atomic mass is 10.2. The van der Waals surface area contributed by atoms with E-state index in [2.05, 4.69) is 33.8 Å². The average Bonchev–Trinajstić information content (AvgIpc) is 2.79. The highest BCUT2D eigenvalue weighted by molar-refractivity contribution is 7.92. The molecular formula is C24H28N4O3S. The lowest BCUT2D eigenvalue weighted by Crippen LogP contribution is -2.24. The fraction of sp³-hybridized carbons (Fsp3) is 0.250. The van der Waals surface area contributed by atoms with Crippen molar-refractivity contribution in [3.8, 4) is 0 Å². The lowest BCUT2D eigenvalue weighted by Gasteiger charge is -2.19. The Morgan fingerprint density at radius 2 is 1.75 bits per heavy atom. The summed E-state index contributed by atoms with van der Waals surface area (Å²) in [6.07, 6.45) is 1.74. The van der Waals surface area contributed by atoms with Crippen LogP contribution in [0, 0.1) is 6.92 Å². The van der Waals surface area contributed by atoms with Crippen LogP contribution in [0.2, 0.25) is 0 Å². The van der Waals surface area contributed by atoms with Gasteiger partial charge in [0.25, 0.3) is 15.9 Å². The summed E-state index contributed by atoms with van der Waals surface area (Å²) >= 11 is 0. The predicted molar refractivity (Wildman–Crippen MR) is 127 cm³/mol. The van der Waals surface area contributed by atoms with Gasteiger partial charge in [0.2, 0.25) is 0 Å². The van der Waals surface area contributed by atoms with Crippen LogP contribution in [0.15, 0.2) is 71.8 Å². The molecule has 0 unspecified atom stereocenters. The molecule has 168 valence electrons. The molecule has 0 fully saturated rings. The molecule has 1 aromatic heterocycles. The Balaban J connectivity index is 1.67. The second-order valence-electron chi connectivity index (χ2n) is 7.38. The number of benzene rings is 2. The minimum Gasteiger partial charge on any atom is -0.357 e. The standard InChI is InChI=1S/C24H28N4O3S/c1-4-28(5-2)23-13-12-19(16-25-23)17-26-24(29)20-9-7-11-22(15-20)32(30,31)27-21-10-6-8-18(3)14-21/h6-16,27H,4-5,17H2,1-3H3,(H,26,29). The van der Waals surface area contributed by atoms with E-state index in [1.54, 1.807) is 36.5 Å². The van der Waals surface area contributed by atoms with Crippen LogP contribution in [0.25, 0.3) is 0 Å². The van der Waals surface area contributed by atoms with Gasteiger partial charge in [-0.15, -0.1) is 0 Å².